The fraction of sp³-hybridized carbons (Fsp3) is 0.438. The Balaban J connectivity index is 1.78. The summed E-state index contributed by atoms with van der Waals surface area (Å²) in [4.78, 5) is 9.10. The molecule has 2 N–H and O–H groups in total. The Bertz CT molecular complexity index is 623. The molecule has 2 aromatic rings. The first-order valence-electron chi connectivity index (χ1n) is 7.43. The molecule has 1 fully saturated rings. The highest BCUT2D eigenvalue weighted by Crippen LogP contribution is 2.21. The second kappa shape index (κ2) is 5.95. The SMILES string of the molecule is CC(CN)N1CCN(c2ccc3cccc(F)c3n2)CC1. The Labute approximate surface area is 124 Å². The zero-order valence-electron chi connectivity index (χ0n) is 12.3. The summed E-state index contributed by atoms with van der Waals surface area (Å²) in [6.07, 6.45) is 0. The van der Waals surface area contributed by atoms with Crippen LogP contribution in [-0.2, 0) is 0 Å². The number of halogens is 1. The fourth-order valence-electron chi connectivity index (χ4n) is 2.82. The normalized spacial score (nSPS) is 18.1. The molecule has 3 rings (SSSR count). The van der Waals surface area contributed by atoms with Gasteiger partial charge in [-0.25, -0.2) is 9.37 Å². The molecule has 1 aromatic heterocycles. The Morgan fingerprint density at radius 2 is 1.95 bits per heavy atom. The molecule has 2 heterocycles. The van der Waals surface area contributed by atoms with Crippen LogP contribution in [0.3, 0.4) is 0 Å². The van der Waals surface area contributed by atoms with E-state index in [4.69, 9.17) is 5.73 Å². The van der Waals surface area contributed by atoms with Crippen LogP contribution in [0, 0.1) is 5.82 Å². The molecule has 0 aliphatic carbocycles. The minimum atomic E-state index is -0.260. The van der Waals surface area contributed by atoms with Crippen molar-refractivity contribution in [3.05, 3.63) is 36.1 Å². The Morgan fingerprint density at radius 1 is 1.19 bits per heavy atom. The van der Waals surface area contributed by atoms with Gasteiger partial charge < -0.3 is 10.6 Å². The summed E-state index contributed by atoms with van der Waals surface area (Å²) >= 11 is 0. The van der Waals surface area contributed by atoms with Gasteiger partial charge in [0.15, 0.2) is 0 Å². The number of benzene rings is 1. The van der Waals surface area contributed by atoms with E-state index in [1.54, 1.807) is 6.07 Å². The highest BCUT2D eigenvalue weighted by Gasteiger charge is 2.21. The molecule has 21 heavy (non-hydrogen) atoms. The number of nitrogens with zero attached hydrogens (tertiary/aromatic N) is 3. The summed E-state index contributed by atoms with van der Waals surface area (Å²) in [5.74, 6) is 0.595. The third kappa shape index (κ3) is 2.84. The molecule has 1 aliphatic rings. The summed E-state index contributed by atoms with van der Waals surface area (Å²) in [5.41, 5.74) is 6.17. The number of rotatable bonds is 3. The van der Waals surface area contributed by atoms with E-state index in [0.717, 1.165) is 37.4 Å². The van der Waals surface area contributed by atoms with Crippen molar-refractivity contribution in [2.24, 2.45) is 5.73 Å². The smallest absolute Gasteiger partial charge is 0.149 e. The number of anilines is 1. The van der Waals surface area contributed by atoms with Crippen molar-refractivity contribution >= 4 is 16.7 Å². The van der Waals surface area contributed by atoms with Crippen molar-refractivity contribution in [1.29, 1.82) is 0 Å². The summed E-state index contributed by atoms with van der Waals surface area (Å²) in [6, 6.07) is 9.38. The van der Waals surface area contributed by atoms with Crippen molar-refractivity contribution in [2.45, 2.75) is 13.0 Å². The predicted molar refractivity (Wildman–Crippen MR) is 84.0 cm³/mol. The van der Waals surface area contributed by atoms with Crippen LogP contribution in [0.15, 0.2) is 30.3 Å². The summed E-state index contributed by atoms with van der Waals surface area (Å²) in [7, 11) is 0. The molecule has 0 bridgehead atoms. The molecule has 0 amide bonds. The quantitative estimate of drug-likeness (QED) is 0.936. The van der Waals surface area contributed by atoms with E-state index in [1.807, 2.05) is 18.2 Å². The fourth-order valence-corrected chi connectivity index (χ4v) is 2.82. The minimum absolute atomic E-state index is 0.260. The number of nitrogens with two attached hydrogens (primary N) is 1. The van der Waals surface area contributed by atoms with E-state index in [9.17, 15) is 4.39 Å². The Kier molecular flexibility index (Phi) is 4.03. The minimum Gasteiger partial charge on any atom is -0.354 e. The molecule has 1 atom stereocenters. The van der Waals surface area contributed by atoms with Gasteiger partial charge in [0.1, 0.15) is 17.2 Å². The summed E-state index contributed by atoms with van der Waals surface area (Å²) in [6.45, 7) is 6.57. The number of aromatic nitrogens is 1. The molecule has 4 nitrogen and oxygen atoms in total. The molecule has 0 radical (unpaired) electrons. The molecule has 1 unspecified atom stereocenters. The molecule has 5 heteroatoms. The lowest BCUT2D eigenvalue weighted by Crippen LogP contribution is -2.51. The highest BCUT2D eigenvalue weighted by atomic mass is 19.1. The third-order valence-electron chi connectivity index (χ3n) is 4.26. The van der Waals surface area contributed by atoms with Crippen LogP contribution in [0.25, 0.3) is 10.9 Å². The second-order valence-electron chi connectivity index (χ2n) is 5.59. The van der Waals surface area contributed by atoms with E-state index in [-0.39, 0.29) is 5.82 Å². The lowest BCUT2D eigenvalue weighted by Gasteiger charge is -2.38. The number of pyridine rings is 1. The molecular formula is C16H21FN4. The lowest BCUT2D eigenvalue weighted by molar-refractivity contribution is 0.201. The van der Waals surface area contributed by atoms with Gasteiger partial charge in [-0.2, -0.15) is 0 Å². The van der Waals surface area contributed by atoms with E-state index >= 15 is 0 Å². The molecule has 1 saturated heterocycles. The average Bonchev–Trinajstić information content (AvgIpc) is 2.54. The van der Waals surface area contributed by atoms with Gasteiger partial charge >= 0.3 is 0 Å². The number of hydrogen-bond donors (Lipinski definition) is 1. The maximum absolute atomic E-state index is 13.8. The zero-order valence-corrected chi connectivity index (χ0v) is 12.3. The molecule has 0 spiro atoms. The van der Waals surface area contributed by atoms with Gasteiger partial charge in [-0.05, 0) is 25.1 Å². The van der Waals surface area contributed by atoms with Gasteiger partial charge in [0.05, 0.1) is 0 Å². The standard InChI is InChI=1S/C16H21FN4/c1-12(11-18)20-7-9-21(10-8-20)15-6-5-13-3-2-4-14(17)16(13)19-15/h2-6,12H,7-11,18H2,1H3. The highest BCUT2D eigenvalue weighted by molar-refractivity contribution is 5.80. The third-order valence-corrected chi connectivity index (χ3v) is 4.26. The van der Waals surface area contributed by atoms with Crippen molar-refractivity contribution in [3.63, 3.8) is 0 Å². The van der Waals surface area contributed by atoms with Gasteiger partial charge in [0.25, 0.3) is 0 Å². The van der Waals surface area contributed by atoms with Crippen LogP contribution >= 0.6 is 0 Å². The van der Waals surface area contributed by atoms with E-state index in [2.05, 4.69) is 21.7 Å². The Hall–Kier alpha value is -1.72. The molecule has 1 aromatic carbocycles. The maximum atomic E-state index is 13.8. The van der Waals surface area contributed by atoms with Crippen LogP contribution in [0.2, 0.25) is 0 Å². The first-order chi connectivity index (χ1) is 10.2. The molecule has 0 saturated carbocycles. The second-order valence-corrected chi connectivity index (χ2v) is 5.59. The first-order valence-corrected chi connectivity index (χ1v) is 7.43. The van der Waals surface area contributed by atoms with Gasteiger partial charge in [0.2, 0.25) is 0 Å². The number of fused-ring (bicyclic) bond motifs is 1. The van der Waals surface area contributed by atoms with Crippen molar-refractivity contribution < 1.29 is 4.39 Å². The van der Waals surface area contributed by atoms with Gasteiger partial charge in [-0.1, -0.05) is 12.1 Å². The number of hydrogen-bond acceptors (Lipinski definition) is 4. The van der Waals surface area contributed by atoms with Crippen LogP contribution in [0.1, 0.15) is 6.92 Å². The monoisotopic (exact) mass is 288 g/mol. The van der Waals surface area contributed by atoms with Crippen LogP contribution < -0.4 is 10.6 Å². The zero-order chi connectivity index (χ0) is 14.8. The van der Waals surface area contributed by atoms with Crippen LogP contribution in [0.5, 0.6) is 0 Å². The average molecular weight is 288 g/mol. The molecule has 112 valence electrons. The van der Waals surface area contributed by atoms with Crippen LogP contribution in [-0.4, -0.2) is 48.6 Å². The van der Waals surface area contributed by atoms with E-state index in [1.165, 1.54) is 6.07 Å². The predicted octanol–water partition coefficient (Wildman–Crippen LogP) is 1.84. The summed E-state index contributed by atoms with van der Waals surface area (Å²) < 4.78 is 13.8. The Morgan fingerprint density at radius 3 is 2.67 bits per heavy atom. The lowest BCUT2D eigenvalue weighted by atomic mass is 10.2. The van der Waals surface area contributed by atoms with E-state index < -0.39 is 0 Å². The van der Waals surface area contributed by atoms with Crippen molar-refractivity contribution in [3.8, 4) is 0 Å². The first kappa shape index (κ1) is 14.2. The van der Waals surface area contributed by atoms with Crippen LogP contribution in [0.4, 0.5) is 10.2 Å². The van der Waals surface area contributed by atoms with Gasteiger partial charge in [0, 0.05) is 44.2 Å². The number of piperazine rings is 1. The summed E-state index contributed by atoms with van der Waals surface area (Å²) in [5, 5.41) is 0.842. The van der Waals surface area contributed by atoms with Gasteiger partial charge in [-0.15, -0.1) is 0 Å². The topological polar surface area (TPSA) is 45.4 Å². The van der Waals surface area contributed by atoms with Crippen molar-refractivity contribution in [2.75, 3.05) is 37.6 Å². The molecule has 1 aliphatic heterocycles. The molecular weight excluding hydrogens is 267 g/mol. The van der Waals surface area contributed by atoms with Crippen molar-refractivity contribution in [1.82, 2.24) is 9.88 Å². The van der Waals surface area contributed by atoms with E-state index in [0.29, 0.717) is 18.1 Å². The largest absolute Gasteiger partial charge is 0.354 e. The van der Waals surface area contributed by atoms with Gasteiger partial charge in [-0.3, -0.25) is 4.90 Å². The number of para-hydroxylation sites is 1. The maximum Gasteiger partial charge on any atom is 0.149 e.